The average Bonchev–Trinajstić information content (AvgIpc) is 3.47. The molecule has 2 saturated heterocycles. The lowest BCUT2D eigenvalue weighted by molar-refractivity contribution is -0.129. The molecule has 1 unspecified atom stereocenters. The molecule has 214 valence electrons. The summed E-state index contributed by atoms with van der Waals surface area (Å²) >= 11 is 0. The third-order valence-corrected chi connectivity index (χ3v) is 9.34. The SMILES string of the molecule is CC1(C)[C@@H]2[C@@H](C(=O)NC(CC(=O)NCc3ccccc3)C[C@@H]3CCNC3=O)N(C(=O)c3cc4ccccc4[nH]3)C[C@@H]21. The number of aromatic nitrogens is 1. The number of hydrogen-bond donors (Lipinski definition) is 4. The number of carbonyl (C=O) groups excluding carboxylic acids is 4. The van der Waals surface area contributed by atoms with E-state index in [-0.39, 0.29) is 53.2 Å². The zero-order valence-electron chi connectivity index (χ0n) is 23.5. The first kappa shape index (κ1) is 27.1. The van der Waals surface area contributed by atoms with Crippen LogP contribution in [0.4, 0.5) is 0 Å². The molecule has 9 nitrogen and oxygen atoms in total. The molecule has 1 aromatic heterocycles. The summed E-state index contributed by atoms with van der Waals surface area (Å²) in [4.78, 5) is 57.9. The summed E-state index contributed by atoms with van der Waals surface area (Å²) in [6, 6.07) is 18.0. The molecule has 1 aliphatic carbocycles. The minimum atomic E-state index is -0.638. The van der Waals surface area contributed by atoms with Gasteiger partial charge in [-0.3, -0.25) is 19.2 Å². The fourth-order valence-corrected chi connectivity index (χ4v) is 6.92. The highest BCUT2D eigenvalue weighted by molar-refractivity contribution is 6.01. The number of aromatic amines is 1. The maximum absolute atomic E-state index is 14.0. The molecule has 4 N–H and O–H groups in total. The Hall–Kier alpha value is -4.14. The Morgan fingerprint density at radius 2 is 1.83 bits per heavy atom. The fraction of sp³-hybridized carbons (Fsp3) is 0.438. The number of amides is 4. The van der Waals surface area contributed by atoms with Crippen molar-refractivity contribution in [3.63, 3.8) is 0 Å². The Labute approximate surface area is 239 Å². The van der Waals surface area contributed by atoms with E-state index >= 15 is 0 Å². The van der Waals surface area contributed by atoms with E-state index in [1.807, 2.05) is 60.7 Å². The number of rotatable bonds is 9. The second kappa shape index (κ2) is 10.7. The van der Waals surface area contributed by atoms with Crippen molar-refractivity contribution in [1.82, 2.24) is 25.8 Å². The Bertz CT molecular complexity index is 1450. The quantitative estimate of drug-likeness (QED) is 0.324. The molecule has 3 fully saturated rings. The number of piperidine rings is 1. The van der Waals surface area contributed by atoms with Gasteiger partial charge in [-0.25, -0.2) is 0 Å². The molecule has 1 saturated carbocycles. The van der Waals surface area contributed by atoms with Crippen molar-refractivity contribution in [3.8, 4) is 0 Å². The maximum atomic E-state index is 14.0. The van der Waals surface area contributed by atoms with E-state index in [0.29, 0.717) is 38.2 Å². The summed E-state index contributed by atoms with van der Waals surface area (Å²) in [7, 11) is 0. The first-order valence-electron chi connectivity index (χ1n) is 14.5. The van der Waals surface area contributed by atoms with Crippen LogP contribution in [-0.2, 0) is 20.9 Å². The average molecular weight is 556 g/mol. The zero-order chi connectivity index (χ0) is 28.7. The topological polar surface area (TPSA) is 123 Å². The Balaban J connectivity index is 1.19. The van der Waals surface area contributed by atoms with Crippen molar-refractivity contribution < 1.29 is 19.2 Å². The summed E-state index contributed by atoms with van der Waals surface area (Å²) in [5.41, 5.74) is 2.27. The van der Waals surface area contributed by atoms with Crippen LogP contribution in [0.1, 0.15) is 49.2 Å². The van der Waals surface area contributed by atoms with Crippen LogP contribution in [0.3, 0.4) is 0 Å². The lowest BCUT2D eigenvalue weighted by Crippen LogP contribution is -2.53. The third kappa shape index (κ3) is 5.33. The largest absolute Gasteiger partial charge is 0.356 e. The van der Waals surface area contributed by atoms with Crippen LogP contribution in [0.15, 0.2) is 60.7 Å². The first-order valence-corrected chi connectivity index (χ1v) is 14.5. The van der Waals surface area contributed by atoms with Crippen LogP contribution in [0.25, 0.3) is 10.9 Å². The number of nitrogens with one attached hydrogen (secondary N) is 4. The molecule has 4 amide bonds. The van der Waals surface area contributed by atoms with Gasteiger partial charge in [0.1, 0.15) is 11.7 Å². The van der Waals surface area contributed by atoms with E-state index in [1.54, 1.807) is 4.90 Å². The first-order chi connectivity index (χ1) is 19.7. The van der Waals surface area contributed by atoms with Crippen LogP contribution in [0.2, 0.25) is 0 Å². The minimum Gasteiger partial charge on any atom is -0.356 e. The van der Waals surface area contributed by atoms with E-state index in [0.717, 1.165) is 16.5 Å². The van der Waals surface area contributed by atoms with Crippen molar-refractivity contribution in [2.24, 2.45) is 23.2 Å². The summed E-state index contributed by atoms with van der Waals surface area (Å²) in [5.74, 6) is -0.685. The van der Waals surface area contributed by atoms with Gasteiger partial charge in [0.15, 0.2) is 0 Å². The van der Waals surface area contributed by atoms with Gasteiger partial charge in [0.25, 0.3) is 5.91 Å². The Morgan fingerprint density at radius 1 is 1.07 bits per heavy atom. The molecule has 9 heteroatoms. The van der Waals surface area contributed by atoms with Crippen LogP contribution >= 0.6 is 0 Å². The normalized spacial score (nSPS) is 24.9. The molecular formula is C32H37N5O4. The second-order valence-corrected chi connectivity index (χ2v) is 12.3. The Kier molecular flexibility index (Phi) is 7.05. The lowest BCUT2D eigenvalue weighted by Gasteiger charge is -2.31. The predicted molar refractivity (Wildman–Crippen MR) is 154 cm³/mol. The number of likely N-dealkylation sites (tertiary alicyclic amines) is 1. The minimum absolute atomic E-state index is 0.0400. The highest BCUT2D eigenvalue weighted by Gasteiger charge is 2.69. The maximum Gasteiger partial charge on any atom is 0.271 e. The highest BCUT2D eigenvalue weighted by atomic mass is 16.2. The van der Waals surface area contributed by atoms with E-state index in [9.17, 15) is 19.2 Å². The number of hydrogen-bond acceptors (Lipinski definition) is 4. The summed E-state index contributed by atoms with van der Waals surface area (Å²) in [6.45, 7) is 5.78. The monoisotopic (exact) mass is 555 g/mol. The molecule has 3 aliphatic rings. The van der Waals surface area contributed by atoms with Crippen molar-refractivity contribution in [2.45, 2.75) is 51.7 Å². The van der Waals surface area contributed by atoms with Crippen molar-refractivity contribution in [1.29, 1.82) is 0 Å². The van der Waals surface area contributed by atoms with Gasteiger partial charge in [-0.05, 0) is 47.8 Å². The van der Waals surface area contributed by atoms with Crippen LogP contribution in [-0.4, -0.2) is 58.7 Å². The van der Waals surface area contributed by atoms with Gasteiger partial charge < -0.3 is 25.8 Å². The van der Waals surface area contributed by atoms with Crippen molar-refractivity contribution in [3.05, 3.63) is 71.9 Å². The van der Waals surface area contributed by atoms with E-state index in [1.165, 1.54) is 0 Å². The van der Waals surface area contributed by atoms with Gasteiger partial charge in [-0.15, -0.1) is 0 Å². The van der Waals surface area contributed by atoms with Gasteiger partial charge in [0, 0.05) is 48.9 Å². The number of benzene rings is 2. The fourth-order valence-electron chi connectivity index (χ4n) is 6.92. The second-order valence-electron chi connectivity index (χ2n) is 12.3. The molecule has 2 aromatic carbocycles. The molecule has 0 spiro atoms. The lowest BCUT2D eigenvalue weighted by atomic mass is 9.95. The molecule has 3 heterocycles. The van der Waals surface area contributed by atoms with Crippen molar-refractivity contribution in [2.75, 3.05) is 13.1 Å². The van der Waals surface area contributed by atoms with Crippen LogP contribution < -0.4 is 16.0 Å². The number of fused-ring (bicyclic) bond motifs is 2. The molecule has 41 heavy (non-hydrogen) atoms. The van der Waals surface area contributed by atoms with Gasteiger partial charge in [-0.2, -0.15) is 0 Å². The summed E-state index contributed by atoms with van der Waals surface area (Å²) in [6.07, 6.45) is 1.10. The van der Waals surface area contributed by atoms with E-state index in [2.05, 4.69) is 34.8 Å². The third-order valence-electron chi connectivity index (χ3n) is 9.34. The molecular weight excluding hydrogens is 518 g/mol. The predicted octanol–water partition coefficient (Wildman–Crippen LogP) is 2.98. The van der Waals surface area contributed by atoms with E-state index < -0.39 is 12.1 Å². The molecule has 6 rings (SSSR count). The standard InChI is InChI=1S/C32H37N5O4/c1-32(2)23-18-37(31(41)25-15-20-10-6-7-11-24(20)36-25)28(27(23)32)30(40)35-22(14-21-12-13-33-29(21)39)16-26(38)34-17-19-8-4-3-5-9-19/h3-11,15,21-23,27-28,36H,12-14,16-18H2,1-2H3,(H,33,39)(H,34,38)(H,35,40)/t21-,22?,23-,27-,28-/m0/s1. The zero-order valence-corrected chi connectivity index (χ0v) is 23.5. The van der Waals surface area contributed by atoms with E-state index in [4.69, 9.17) is 0 Å². The summed E-state index contributed by atoms with van der Waals surface area (Å²) < 4.78 is 0. The highest BCUT2D eigenvalue weighted by Crippen LogP contribution is 2.65. The smallest absolute Gasteiger partial charge is 0.271 e. The van der Waals surface area contributed by atoms with Crippen LogP contribution in [0, 0.1) is 23.2 Å². The Morgan fingerprint density at radius 3 is 2.56 bits per heavy atom. The number of carbonyl (C=O) groups is 4. The summed E-state index contributed by atoms with van der Waals surface area (Å²) in [5, 5.41) is 9.84. The van der Waals surface area contributed by atoms with Gasteiger partial charge in [0.05, 0.1) is 0 Å². The van der Waals surface area contributed by atoms with Gasteiger partial charge in [-0.1, -0.05) is 62.4 Å². The molecule has 5 atom stereocenters. The molecule has 3 aromatic rings. The van der Waals surface area contributed by atoms with Crippen LogP contribution in [0.5, 0.6) is 0 Å². The molecule has 0 radical (unpaired) electrons. The van der Waals surface area contributed by atoms with Gasteiger partial charge in [0.2, 0.25) is 17.7 Å². The van der Waals surface area contributed by atoms with Gasteiger partial charge >= 0.3 is 0 Å². The molecule has 0 bridgehead atoms. The number of H-pyrrole nitrogens is 1. The molecule has 2 aliphatic heterocycles. The van der Waals surface area contributed by atoms with Crippen molar-refractivity contribution >= 4 is 34.5 Å². The number of nitrogens with zero attached hydrogens (tertiary/aromatic N) is 1. The number of para-hydroxylation sites is 1.